The van der Waals surface area contributed by atoms with E-state index in [4.69, 9.17) is 18.6 Å². The molecule has 272 valence electrons. The second kappa shape index (κ2) is 16.3. The van der Waals surface area contributed by atoms with Crippen LogP contribution in [0.4, 0.5) is 11.4 Å². The maximum atomic E-state index is 14.3. The largest absolute Gasteiger partial charge is 0.464 e. The minimum atomic E-state index is -1.02. The summed E-state index contributed by atoms with van der Waals surface area (Å²) in [7, 11) is 0. The quantitative estimate of drug-likeness (QED) is 0.0832. The SMILES string of the molecule is CCOC(=O)[C@H](CC(C)C)NC(=O)c1cc(SC#N)c(C)c2c1Nc1c(c(C)c3oc(=O)c(C)nc3c1C(=O)N[C@H](CC(C)C)C(=O)OCC)O2. The fourth-order valence-corrected chi connectivity index (χ4v) is 6.28. The predicted molar refractivity (Wildman–Crippen MR) is 190 cm³/mol. The average molecular weight is 722 g/mol. The molecule has 0 saturated heterocycles. The Morgan fingerprint density at radius 3 is 1.98 bits per heavy atom. The lowest BCUT2D eigenvalue weighted by atomic mass is 9.98. The van der Waals surface area contributed by atoms with E-state index in [0.29, 0.717) is 22.4 Å². The molecule has 0 aliphatic carbocycles. The van der Waals surface area contributed by atoms with E-state index < -0.39 is 41.5 Å². The number of carbonyl (C=O) groups excluding carboxylic acids is 4. The van der Waals surface area contributed by atoms with Crippen molar-refractivity contribution < 1.29 is 37.8 Å². The number of amides is 2. The normalized spacial score (nSPS) is 12.9. The number of aromatic nitrogens is 1. The first kappa shape index (κ1) is 38.7. The molecule has 3 N–H and O–H groups in total. The van der Waals surface area contributed by atoms with Crippen molar-refractivity contribution in [1.82, 2.24) is 15.6 Å². The molecule has 2 atom stereocenters. The number of ether oxygens (including phenoxy) is 3. The van der Waals surface area contributed by atoms with Crippen LogP contribution >= 0.6 is 11.8 Å². The number of nitrogens with one attached hydrogen (secondary N) is 3. The molecular weight excluding hydrogens is 678 g/mol. The summed E-state index contributed by atoms with van der Waals surface area (Å²) in [6, 6.07) is -0.486. The topological polar surface area (TPSA) is 199 Å². The number of hydrogen-bond donors (Lipinski definition) is 3. The Balaban J connectivity index is 1.96. The first-order valence-corrected chi connectivity index (χ1v) is 17.6. The highest BCUT2D eigenvalue weighted by Crippen LogP contribution is 2.52. The average Bonchev–Trinajstić information content (AvgIpc) is 3.05. The monoisotopic (exact) mass is 721 g/mol. The molecule has 0 radical (unpaired) electrons. The van der Waals surface area contributed by atoms with E-state index in [1.165, 1.54) is 13.0 Å². The third-order valence-corrected chi connectivity index (χ3v) is 8.85. The molecule has 0 saturated carbocycles. The van der Waals surface area contributed by atoms with E-state index in [1.807, 2.05) is 33.1 Å². The van der Waals surface area contributed by atoms with E-state index in [2.05, 4.69) is 20.9 Å². The minimum Gasteiger partial charge on any atom is -0.464 e. The molecule has 51 heavy (non-hydrogen) atoms. The maximum Gasteiger partial charge on any atom is 0.357 e. The smallest absolute Gasteiger partial charge is 0.357 e. The van der Waals surface area contributed by atoms with Gasteiger partial charge in [-0.05, 0) is 77.1 Å². The van der Waals surface area contributed by atoms with Gasteiger partial charge in [0.2, 0.25) is 0 Å². The fraction of sp³-hybridized carbons (Fsp3) is 0.472. The number of hydrogen-bond acceptors (Lipinski definition) is 13. The number of thiocyanates is 1. The molecule has 15 heteroatoms. The van der Waals surface area contributed by atoms with E-state index in [-0.39, 0.29) is 82.3 Å². The third-order valence-electron chi connectivity index (χ3n) is 8.11. The number of fused-ring (bicyclic) bond motifs is 3. The van der Waals surface area contributed by atoms with Gasteiger partial charge in [0, 0.05) is 16.0 Å². The van der Waals surface area contributed by atoms with Gasteiger partial charge in [-0.25, -0.2) is 19.4 Å². The Labute approximate surface area is 300 Å². The highest BCUT2D eigenvalue weighted by atomic mass is 32.2. The molecule has 1 aromatic heterocycles. The van der Waals surface area contributed by atoms with E-state index in [0.717, 1.165) is 11.8 Å². The number of thioether (sulfide) groups is 1. The molecule has 3 aromatic rings. The van der Waals surface area contributed by atoms with Crippen molar-refractivity contribution in [3.8, 4) is 16.9 Å². The number of carbonyl (C=O) groups is 4. The number of benzene rings is 2. The number of rotatable bonds is 13. The Morgan fingerprint density at radius 2 is 1.45 bits per heavy atom. The van der Waals surface area contributed by atoms with Crippen LogP contribution in [0.5, 0.6) is 11.5 Å². The minimum absolute atomic E-state index is 0.00811. The third kappa shape index (κ3) is 8.28. The predicted octanol–water partition coefficient (Wildman–Crippen LogP) is 5.95. The van der Waals surface area contributed by atoms with Gasteiger partial charge in [0.25, 0.3) is 11.8 Å². The number of aryl methyl sites for hydroxylation is 2. The summed E-state index contributed by atoms with van der Waals surface area (Å²) in [6.45, 7) is 16.0. The lowest BCUT2D eigenvalue weighted by Crippen LogP contribution is -2.43. The van der Waals surface area contributed by atoms with Crippen molar-refractivity contribution in [3.05, 3.63) is 44.4 Å². The standard InChI is InChI=1S/C36H43N5O9S/c1-10-47-35(45)22(12-16(3)4)39-32(42)21-14-24(51-15-37)18(7)29-26(21)41-28-25(33(43)40-23(13-17(5)6)36(46)48-11-2)27-31(19(8)30(28)49-29)50-34(44)20(9)38-27/h14,16-17,22-23,41H,10-13H2,1-9H3,(H,39,42)(H,40,43)/t22-,23+/m0/s1. The first-order chi connectivity index (χ1) is 24.1. The van der Waals surface area contributed by atoms with Gasteiger partial charge in [-0.1, -0.05) is 27.7 Å². The first-order valence-electron chi connectivity index (χ1n) is 16.7. The summed E-state index contributed by atoms with van der Waals surface area (Å²) >= 11 is 0.816. The second-order valence-corrected chi connectivity index (χ2v) is 13.8. The van der Waals surface area contributed by atoms with Crippen molar-refractivity contribution in [3.63, 3.8) is 0 Å². The fourth-order valence-electron chi connectivity index (χ4n) is 5.76. The molecule has 2 aromatic carbocycles. The van der Waals surface area contributed by atoms with Gasteiger partial charge in [0.15, 0.2) is 17.1 Å². The van der Waals surface area contributed by atoms with Gasteiger partial charge in [-0.2, -0.15) is 5.26 Å². The summed E-state index contributed by atoms with van der Waals surface area (Å²) in [5, 5.41) is 20.4. The van der Waals surface area contributed by atoms with E-state index >= 15 is 0 Å². The summed E-state index contributed by atoms with van der Waals surface area (Å²) in [5.74, 6) is -2.30. The van der Waals surface area contributed by atoms with Gasteiger partial charge in [-0.3, -0.25) is 9.59 Å². The van der Waals surface area contributed by atoms with Crippen LogP contribution < -0.4 is 26.3 Å². The summed E-state index contributed by atoms with van der Waals surface area (Å²) in [6.07, 6.45) is 0.570. The van der Waals surface area contributed by atoms with Gasteiger partial charge >= 0.3 is 17.6 Å². The number of nitriles is 1. The summed E-state index contributed by atoms with van der Waals surface area (Å²) in [4.78, 5) is 71.7. The van der Waals surface area contributed by atoms with Crippen LogP contribution in [-0.4, -0.2) is 54.0 Å². The van der Waals surface area contributed by atoms with Crippen LogP contribution in [0.1, 0.15) is 91.9 Å². The Morgan fingerprint density at radius 1 is 0.902 bits per heavy atom. The van der Waals surface area contributed by atoms with Crippen LogP contribution in [0.3, 0.4) is 0 Å². The molecule has 1 aliphatic rings. The van der Waals surface area contributed by atoms with Crippen molar-refractivity contribution >= 4 is 58.0 Å². The van der Waals surface area contributed by atoms with Gasteiger partial charge in [-0.15, -0.1) is 0 Å². The molecule has 0 bridgehead atoms. The van der Waals surface area contributed by atoms with Crippen LogP contribution in [-0.2, 0) is 19.1 Å². The highest BCUT2D eigenvalue weighted by Gasteiger charge is 2.36. The van der Waals surface area contributed by atoms with Gasteiger partial charge < -0.3 is 34.6 Å². The molecule has 1 aliphatic heterocycles. The molecule has 14 nitrogen and oxygen atoms in total. The number of nitrogens with zero attached hydrogens (tertiary/aromatic N) is 2. The molecule has 2 heterocycles. The maximum absolute atomic E-state index is 14.3. The zero-order valence-electron chi connectivity index (χ0n) is 30.2. The highest BCUT2D eigenvalue weighted by molar-refractivity contribution is 8.03. The Hall–Kier alpha value is -5.10. The molecule has 0 unspecified atom stereocenters. The van der Waals surface area contributed by atoms with E-state index in [1.54, 1.807) is 27.7 Å². The van der Waals surface area contributed by atoms with Crippen molar-refractivity contribution in [1.29, 1.82) is 5.26 Å². The van der Waals surface area contributed by atoms with Crippen molar-refractivity contribution in [2.45, 2.75) is 92.1 Å². The molecule has 2 amide bonds. The molecule has 4 rings (SSSR count). The lowest BCUT2D eigenvalue weighted by molar-refractivity contribution is -0.146. The molecule has 0 fully saturated rings. The zero-order valence-corrected chi connectivity index (χ0v) is 31.0. The number of anilines is 2. The zero-order chi connectivity index (χ0) is 37.7. The molecular formula is C36H43N5O9S. The van der Waals surface area contributed by atoms with Crippen LogP contribution in [0.25, 0.3) is 11.1 Å². The van der Waals surface area contributed by atoms with Gasteiger partial charge in [0.05, 0.1) is 35.7 Å². The van der Waals surface area contributed by atoms with Crippen molar-refractivity contribution in [2.75, 3.05) is 18.5 Å². The Kier molecular flexibility index (Phi) is 12.4. The summed E-state index contributed by atoms with van der Waals surface area (Å²) in [5.41, 5.74) is 0.266. The van der Waals surface area contributed by atoms with E-state index in [9.17, 15) is 29.2 Å². The number of esters is 2. The van der Waals surface area contributed by atoms with Crippen molar-refractivity contribution in [2.24, 2.45) is 11.8 Å². The van der Waals surface area contributed by atoms with Crippen LogP contribution in [0, 0.1) is 43.3 Å². The summed E-state index contributed by atoms with van der Waals surface area (Å²) < 4.78 is 22.6. The Bertz CT molecular complexity index is 1980. The van der Waals surface area contributed by atoms with Crippen LogP contribution in [0.15, 0.2) is 20.2 Å². The van der Waals surface area contributed by atoms with Gasteiger partial charge in [0.1, 0.15) is 28.7 Å². The molecule has 0 spiro atoms. The second-order valence-electron chi connectivity index (χ2n) is 13.0. The van der Waals surface area contributed by atoms with Crippen LogP contribution in [0.2, 0.25) is 0 Å². The lowest BCUT2D eigenvalue weighted by Gasteiger charge is -2.30.